The normalized spacial score (nSPS) is 9.08. The maximum absolute atomic E-state index is 8.55. The second-order valence-corrected chi connectivity index (χ2v) is 2.68. The van der Waals surface area contributed by atoms with Gasteiger partial charge in [-0.05, 0) is 0 Å². The van der Waals surface area contributed by atoms with Gasteiger partial charge in [0.2, 0.25) is 0 Å². The number of phosphoric acid groups is 2. The van der Waals surface area contributed by atoms with E-state index in [1.54, 1.807) is 0 Å². The first-order chi connectivity index (χ1) is 4.00. The zero-order valence-electron chi connectivity index (χ0n) is 5.96. The Morgan fingerprint density at radius 3 is 0.692 bits per heavy atom. The zero-order valence-corrected chi connectivity index (χ0v) is 8.85. The third-order valence-electron chi connectivity index (χ3n) is 0. The van der Waals surface area contributed by atoms with Crippen molar-refractivity contribution in [1.82, 2.24) is 6.15 Å². The summed E-state index contributed by atoms with van der Waals surface area (Å²) in [6.07, 6.45) is 0. The SMILES string of the molecule is O=P([O-])([O-])[O-].O=P([O-])([O-])[O-].[Fe+2].[Li+].[N+3]. The van der Waals surface area contributed by atoms with Crippen LogP contribution in [0.5, 0.6) is 0 Å². The molecule has 0 aliphatic rings. The van der Waals surface area contributed by atoms with Crippen molar-refractivity contribution in [2.45, 2.75) is 0 Å². The van der Waals surface area contributed by atoms with Crippen molar-refractivity contribution in [2.75, 3.05) is 0 Å². The molecule has 13 heteroatoms. The summed E-state index contributed by atoms with van der Waals surface area (Å²) < 4.78 is 17.1. The van der Waals surface area contributed by atoms with E-state index in [1.807, 2.05) is 0 Å². The van der Waals surface area contributed by atoms with Gasteiger partial charge >= 0.3 is 42.1 Å². The van der Waals surface area contributed by atoms with Crippen LogP contribution in [0.4, 0.5) is 0 Å². The van der Waals surface area contributed by atoms with Crippen molar-refractivity contribution in [3.05, 3.63) is 0 Å². The Bertz CT molecular complexity index is 134. The van der Waals surface area contributed by atoms with Crippen LogP contribution in [0.3, 0.4) is 0 Å². The molecule has 0 rings (SSSR count). The van der Waals surface area contributed by atoms with E-state index < -0.39 is 15.6 Å². The fraction of sp³-hybridized carbons (Fsp3) is 0. The van der Waals surface area contributed by atoms with Gasteiger partial charge in [0.05, 0.1) is 0 Å². The molecule has 72 valence electrons. The summed E-state index contributed by atoms with van der Waals surface area (Å²) >= 11 is 0. The maximum atomic E-state index is 8.55. The van der Waals surface area contributed by atoms with Gasteiger partial charge in [0.1, 0.15) is 0 Å². The molecule has 0 aromatic carbocycles. The molecule has 9 nitrogen and oxygen atoms in total. The summed E-state index contributed by atoms with van der Waals surface area (Å²) in [5, 5.41) is 0. The molecule has 0 aromatic rings. The Morgan fingerprint density at radius 1 is 0.692 bits per heavy atom. The second-order valence-electron chi connectivity index (χ2n) is 0.894. The molecule has 0 saturated carbocycles. The first kappa shape index (κ1) is 29.2. The number of rotatable bonds is 0. The molecule has 0 aliphatic heterocycles. The summed E-state index contributed by atoms with van der Waals surface area (Å²) in [5.41, 5.74) is 0. The average Bonchev–Trinajstić information content (AvgIpc) is 1.12. The third-order valence-corrected chi connectivity index (χ3v) is 0. The van der Waals surface area contributed by atoms with Gasteiger partial charge in [-0.25, -0.2) is 0 Å². The van der Waals surface area contributed by atoms with E-state index in [0.717, 1.165) is 0 Å². The van der Waals surface area contributed by atoms with Crippen LogP contribution in [0, 0.1) is 0 Å². The standard InChI is InChI=1S/Fe.Li.N.2H3O4P/c;;;2*1-5(2,3)4/h;;;2*(H3,1,2,3,4)/q+2;+1;+3;;/p-6. The third kappa shape index (κ3) is 1450. The summed E-state index contributed by atoms with van der Waals surface area (Å²) in [4.78, 5) is 51.3. The Kier molecular flexibility index (Phi) is 25.0. The van der Waals surface area contributed by atoms with Crippen LogP contribution in [-0.4, -0.2) is 0 Å². The molecule has 0 unspecified atom stereocenters. The van der Waals surface area contributed by atoms with Crippen molar-refractivity contribution in [3.63, 3.8) is 0 Å². The van der Waals surface area contributed by atoms with Crippen molar-refractivity contribution >= 4 is 15.6 Å². The zero-order chi connectivity index (χ0) is 9.00. The molecule has 0 bridgehead atoms. The van der Waals surface area contributed by atoms with E-state index in [1.165, 1.54) is 0 Å². The smallest absolute Gasteiger partial charge is 0.822 e. The molecule has 13 heavy (non-hydrogen) atoms. The molecule has 0 atom stereocenters. The van der Waals surface area contributed by atoms with Crippen molar-refractivity contribution in [1.29, 1.82) is 0 Å². The summed E-state index contributed by atoms with van der Waals surface area (Å²) in [7, 11) is -10.8. The Hall–Kier alpha value is 1.05. The molecular formula is FeLiNO8P2. The largest absolute Gasteiger partial charge is 3.00 e. The van der Waals surface area contributed by atoms with Crippen LogP contribution >= 0.6 is 15.6 Å². The monoisotopic (exact) mass is 267 g/mol. The first-order valence-corrected chi connectivity index (χ1v) is 4.38. The van der Waals surface area contributed by atoms with E-state index in [9.17, 15) is 0 Å². The molecule has 0 N–H and O–H groups in total. The Balaban J connectivity index is -0.0000000267. The minimum atomic E-state index is -5.39. The van der Waals surface area contributed by atoms with Gasteiger partial charge in [0, 0.05) is 0 Å². The van der Waals surface area contributed by atoms with E-state index in [4.69, 9.17) is 38.5 Å². The predicted molar refractivity (Wildman–Crippen MR) is 17.3 cm³/mol. The first-order valence-electron chi connectivity index (χ1n) is 1.46. The van der Waals surface area contributed by atoms with E-state index >= 15 is 0 Å². The van der Waals surface area contributed by atoms with Crippen molar-refractivity contribution < 1.29 is 74.4 Å². The molecular weight excluding hydrogens is 267 g/mol. The molecule has 0 saturated heterocycles. The number of nitrogens with zero attached hydrogens (tertiary/aromatic N) is 1. The second kappa shape index (κ2) is 11.1. The van der Waals surface area contributed by atoms with Gasteiger partial charge in [-0.2, -0.15) is 15.6 Å². The van der Waals surface area contributed by atoms with Crippen LogP contribution in [0.1, 0.15) is 0 Å². The Labute approximate surface area is 96.3 Å². The van der Waals surface area contributed by atoms with E-state index in [-0.39, 0.29) is 42.1 Å². The minimum Gasteiger partial charge on any atom is -0.822 e. The van der Waals surface area contributed by atoms with Crippen LogP contribution in [0.25, 0.3) is 0 Å². The van der Waals surface area contributed by atoms with Gasteiger partial charge in [-0.15, -0.1) is 0 Å². The topological polar surface area (TPSA) is 203 Å². The number of hydrogen-bond donors (Lipinski definition) is 0. The molecule has 0 spiro atoms. The molecule has 0 aromatic heterocycles. The van der Waals surface area contributed by atoms with Crippen molar-refractivity contribution in [2.24, 2.45) is 0 Å². The summed E-state index contributed by atoms with van der Waals surface area (Å²) in [5.74, 6) is 0. The van der Waals surface area contributed by atoms with Gasteiger partial charge in [0.25, 0.3) is 0 Å². The minimum absolute atomic E-state index is 0. The summed E-state index contributed by atoms with van der Waals surface area (Å²) in [6.45, 7) is 0. The molecule has 0 heterocycles. The fourth-order valence-corrected chi connectivity index (χ4v) is 0. The molecule has 0 fully saturated rings. The van der Waals surface area contributed by atoms with Gasteiger partial charge in [-0.3, -0.25) is 0 Å². The van der Waals surface area contributed by atoms with Gasteiger partial charge < -0.3 is 38.5 Å². The number of hydrogen-bond acceptors (Lipinski definition) is 8. The van der Waals surface area contributed by atoms with Crippen LogP contribution in [0.2, 0.25) is 0 Å². The van der Waals surface area contributed by atoms with Crippen LogP contribution < -0.4 is 54.4 Å². The average molecular weight is 267 g/mol. The van der Waals surface area contributed by atoms with Gasteiger partial charge in [-0.1, -0.05) is 0 Å². The predicted octanol–water partition coefficient (Wildman–Crippen LogP) is -9.13. The van der Waals surface area contributed by atoms with Gasteiger partial charge in [0.15, 0.2) is 0 Å². The van der Waals surface area contributed by atoms with E-state index in [2.05, 4.69) is 0 Å². The van der Waals surface area contributed by atoms with Crippen LogP contribution in [-0.2, 0) is 26.2 Å². The molecule has 0 aliphatic carbocycles. The fourth-order valence-electron chi connectivity index (χ4n) is 0. The summed E-state index contributed by atoms with van der Waals surface area (Å²) in [6, 6.07) is 0. The Morgan fingerprint density at radius 2 is 0.692 bits per heavy atom. The van der Waals surface area contributed by atoms with Crippen LogP contribution in [0.15, 0.2) is 0 Å². The van der Waals surface area contributed by atoms with Crippen molar-refractivity contribution in [3.8, 4) is 0 Å². The molecule has 0 amide bonds. The van der Waals surface area contributed by atoms with E-state index in [0.29, 0.717) is 0 Å². The maximum Gasteiger partial charge on any atom is 3.00 e. The molecule has 2 radical (unpaired) electrons. The quantitative estimate of drug-likeness (QED) is 0.303.